The van der Waals surface area contributed by atoms with Crippen LogP contribution in [0.3, 0.4) is 0 Å². The summed E-state index contributed by atoms with van der Waals surface area (Å²) in [5, 5.41) is 0.379. The number of halogens is 2. The van der Waals surface area contributed by atoms with Crippen molar-refractivity contribution in [2.24, 2.45) is 5.73 Å². The SMILES string of the molecule is COC(=O)c1cc(CN)ccc1Cl.Cl. The summed E-state index contributed by atoms with van der Waals surface area (Å²) in [6.07, 6.45) is 0. The lowest BCUT2D eigenvalue weighted by Gasteiger charge is -2.03. The maximum atomic E-state index is 11.2. The van der Waals surface area contributed by atoms with Crippen molar-refractivity contribution >= 4 is 30.0 Å². The van der Waals surface area contributed by atoms with Gasteiger partial charge < -0.3 is 10.5 Å². The number of hydrogen-bond donors (Lipinski definition) is 1. The van der Waals surface area contributed by atoms with E-state index in [1.807, 2.05) is 0 Å². The van der Waals surface area contributed by atoms with Crippen molar-refractivity contribution in [2.75, 3.05) is 7.11 Å². The maximum absolute atomic E-state index is 11.2. The first-order valence-corrected chi connectivity index (χ1v) is 4.13. The largest absolute Gasteiger partial charge is 0.465 e. The summed E-state index contributed by atoms with van der Waals surface area (Å²) >= 11 is 5.79. The second-order valence-electron chi connectivity index (χ2n) is 2.51. The van der Waals surface area contributed by atoms with Crippen LogP contribution in [0.4, 0.5) is 0 Å². The van der Waals surface area contributed by atoms with Crippen molar-refractivity contribution in [2.45, 2.75) is 6.54 Å². The van der Waals surface area contributed by atoms with E-state index in [1.165, 1.54) is 7.11 Å². The molecule has 0 aliphatic heterocycles. The predicted molar refractivity (Wildman–Crippen MR) is 57.9 cm³/mol. The molecule has 0 spiro atoms. The molecule has 0 fully saturated rings. The molecule has 0 amide bonds. The quantitative estimate of drug-likeness (QED) is 0.799. The minimum atomic E-state index is -0.444. The van der Waals surface area contributed by atoms with E-state index < -0.39 is 5.97 Å². The van der Waals surface area contributed by atoms with Crippen LogP contribution in [0.5, 0.6) is 0 Å². The Bertz CT molecular complexity index is 329. The summed E-state index contributed by atoms with van der Waals surface area (Å²) in [5.74, 6) is -0.444. The molecule has 3 nitrogen and oxygen atoms in total. The van der Waals surface area contributed by atoms with E-state index in [-0.39, 0.29) is 12.4 Å². The lowest BCUT2D eigenvalue weighted by atomic mass is 10.1. The molecule has 0 radical (unpaired) electrons. The molecule has 0 aromatic heterocycles. The zero-order chi connectivity index (χ0) is 9.84. The van der Waals surface area contributed by atoms with Crippen LogP contribution in [-0.4, -0.2) is 13.1 Å². The Hall–Kier alpha value is -0.770. The van der Waals surface area contributed by atoms with Crippen LogP contribution < -0.4 is 5.73 Å². The summed E-state index contributed by atoms with van der Waals surface area (Å²) in [6, 6.07) is 5.04. The fourth-order valence-electron chi connectivity index (χ4n) is 0.966. The van der Waals surface area contributed by atoms with Gasteiger partial charge in [0.1, 0.15) is 0 Å². The number of benzene rings is 1. The van der Waals surface area contributed by atoms with Gasteiger partial charge in [-0.15, -0.1) is 12.4 Å². The van der Waals surface area contributed by atoms with Gasteiger partial charge in [0.2, 0.25) is 0 Å². The van der Waals surface area contributed by atoms with Gasteiger partial charge in [-0.05, 0) is 17.7 Å². The monoisotopic (exact) mass is 235 g/mol. The lowest BCUT2D eigenvalue weighted by Crippen LogP contribution is -2.04. The molecule has 78 valence electrons. The molecule has 14 heavy (non-hydrogen) atoms. The summed E-state index contributed by atoms with van der Waals surface area (Å²) in [4.78, 5) is 11.2. The summed E-state index contributed by atoms with van der Waals surface area (Å²) in [7, 11) is 1.31. The summed E-state index contributed by atoms with van der Waals surface area (Å²) in [6.45, 7) is 0.376. The van der Waals surface area contributed by atoms with Gasteiger partial charge in [-0.3, -0.25) is 0 Å². The number of carbonyl (C=O) groups excluding carboxylic acids is 1. The fourth-order valence-corrected chi connectivity index (χ4v) is 1.16. The van der Waals surface area contributed by atoms with Crippen LogP contribution in [0.1, 0.15) is 15.9 Å². The molecule has 0 saturated carbocycles. The first-order chi connectivity index (χ1) is 6.19. The molecule has 1 aromatic rings. The third-order valence-electron chi connectivity index (χ3n) is 1.67. The van der Waals surface area contributed by atoms with E-state index in [1.54, 1.807) is 18.2 Å². The highest BCUT2D eigenvalue weighted by Crippen LogP contribution is 2.18. The molecule has 0 heterocycles. The smallest absolute Gasteiger partial charge is 0.339 e. The highest BCUT2D eigenvalue weighted by molar-refractivity contribution is 6.33. The number of methoxy groups -OCH3 is 1. The molecule has 0 saturated heterocycles. The first-order valence-electron chi connectivity index (χ1n) is 3.76. The van der Waals surface area contributed by atoms with E-state index in [2.05, 4.69) is 4.74 Å². The Kier molecular flexibility index (Phi) is 5.53. The molecule has 0 aliphatic rings. The van der Waals surface area contributed by atoms with Crippen molar-refractivity contribution in [3.05, 3.63) is 34.3 Å². The van der Waals surface area contributed by atoms with E-state index in [0.717, 1.165) is 5.56 Å². The van der Waals surface area contributed by atoms with Crippen molar-refractivity contribution in [1.29, 1.82) is 0 Å². The predicted octanol–water partition coefficient (Wildman–Crippen LogP) is 2.01. The van der Waals surface area contributed by atoms with Crippen LogP contribution in [0.25, 0.3) is 0 Å². The third-order valence-corrected chi connectivity index (χ3v) is 2.00. The fraction of sp³-hybridized carbons (Fsp3) is 0.222. The first kappa shape index (κ1) is 13.2. The topological polar surface area (TPSA) is 52.3 Å². The Morgan fingerprint density at radius 1 is 1.57 bits per heavy atom. The minimum Gasteiger partial charge on any atom is -0.465 e. The van der Waals surface area contributed by atoms with Gasteiger partial charge in [0.15, 0.2) is 0 Å². The van der Waals surface area contributed by atoms with E-state index >= 15 is 0 Å². The Morgan fingerprint density at radius 3 is 2.71 bits per heavy atom. The van der Waals surface area contributed by atoms with E-state index in [0.29, 0.717) is 17.1 Å². The molecule has 5 heteroatoms. The molecule has 2 N–H and O–H groups in total. The summed E-state index contributed by atoms with van der Waals surface area (Å²) in [5.41, 5.74) is 6.62. The zero-order valence-corrected chi connectivity index (χ0v) is 9.19. The van der Waals surface area contributed by atoms with Gasteiger partial charge in [-0.25, -0.2) is 4.79 Å². The molecular weight excluding hydrogens is 225 g/mol. The van der Waals surface area contributed by atoms with Gasteiger partial charge in [0.05, 0.1) is 17.7 Å². The lowest BCUT2D eigenvalue weighted by molar-refractivity contribution is 0.0601. The average Bonchev–Trinajstić information content (AvgIpc) is 2.17. The average molecular weight is 236 g/mol. The van der Waals surface area contributed by atoms with Crippen LogP contribution in [0.2, 0.25) is 5.02 Å². The molecule has 1 rings (SSSR count). The second-order valence-corrected chi connectivity index (χ2v) is 2.92. The van der Waals surface area contributed by atoms with Gasteiger partial charge >= 0.3 is 5.97 Å². The van der Waals surface area contributed by atoms with Crippen molar-refractivity contribution < 1.29 is 9.53 Å². The van der Waals surface area contributed by atoms with Crippen LogP contribution in [0.15, 0.2) is 18.2 Å². The van der Waals surface area contributed by atoms with Crippen LogP contribution >= 0.6 is 24.0 Å². The van der Waals surface area contributed by atoms with Crippen LogP contribution in [0, 0.1) is 0 Å². The summed E-state index contributed by atoms with van der Waals surface area (Å²) < 4.78 is 4.55. The van der Waals surface area contributed by atoms with Crippen molar-refractivity contribution in [1.82, 2.24) is 0 Å². The standard InChI is InChI=1S/C9H10ClNO2.ClH/c1-13-9(12)7-4-6(5-11)2-3-8(7)10;/h2-4H,5,11H2,1H3;1H. The van der Waals surface area contributed by atoms with Gasteiger partial charge in [0.25, 0.3) is 0 Å². The van der Waals surface area contributed by atoms with Gasteiger partial charge in [-0.1, -0.05) is 17.7 Å². The number of rotatable bonds is 2. The number of ether oxygens (including phenoxy) is 1. The number of carbonyl (C=O) groups is 1. The minimum absolute atomic E-state index is 0. The van der Waals surface area contributed by atoms with Gasteiger partial charge in [0, 0.05) is 6.54 Å². The Balaban J connectivity index is 0.00000169. The molecular formula is C9H11Cl2NO2. The third kappa shape index (κ3) is 2.87. The zero-order valence-electron chi connectivity index (χ0n) is 7.62. The Morgan fingerprint density at radius 2 is 2.21 bits per heavy atom. The van der Waals surface area contributed by atoms with Crippen LogP contribution in [-0.2, 0) is 11.3 Å². The highest BCUT2D eigenvalue weighted by Gasteiger charge is 2.10. The molecule has 0 bridgehead atoms. The van der Waals surface area contributed by atoms with Crippen molar-refractivity contribution in [3.63, 3.8) is 0 Å². The van der Waals surface area contributed by atoms with Crippen molar-refractivity contribution in [3.8, 4) is 0 Å². The number of hydrogen-bond acceptors (Lipinski definition) is 3. The van der Waals surface area contributed by atoms with E-state index in [9.17, 15) is 4.79 Å². The highest BCUT2D eigenvalue weighted by atomic mass is 35.5. The molecule has 0 atom stereocenters. The van der Waals surface area contributed by atoms with E-state index in [4.69, 9.17) is 17.3 Å². The van der Waals surface area contributed by atoms with Gasteiger partial charge in [-0.2, -0.15) is 0 Å². The Labute approximate surface area is 93.6 Å². The number of nitrogens with two attached hydrogens (primary N) is 1. The normalized spacial score (nSPS) is 9.07. The maximum Gasteiger partial charge on any atom is 0.339 e. The molecule has 0 unspecified atom stereocenters. The number of esters is 1. The molecule has 1 aromatic carbocycles. The molecule has 0 aliphatic carbocycles. The second kappa shape index (κ2) is 5.86.